The zero-order chi connectivity index (χ0) is 11.7. The lowest BCUT2D eigenvalue weighted by atomic mass is 9.92. The standard InChI is InChI=1S/C13H14N2S/c1-8-5-6-9(7-12(8)16)13-10(14)3-2-4-11(13)15/h2-8H,14-15H2,1H3. The molecule has 2 nitrogen and oxygen atoms in total. The van der Waals surface area contributed by atoms with Crippen molar-refractivity contribution >= 4 is 34.0 Å². The molecule has 0 fully saturated rings. The quantitative estimate of drug-likeness (QED) is 0.576. The van der Waals surface area contributed by atoms with Crippen LogP contribution >= 0.6 is 12.2 Å². The van der Waals surface area contributed by atoms with Gasteiger partial charge in [-0.1, -0.05) is 37.4 Å². The fourth-order valence-corrected chi connectivity index (χ4v) is 1.96. The number of hydrogen-bond acceptors (Lipinski definition) is 3. The molecule has 1 aliphatic carbocycles. The highest BCUT2D eigenvalue weighted by molar-refractivity contribution is 7.80. The maximum Gasteiger partial charge on any atom is 0.0414 e. The second-order valence-corrected chi connectivity index (χ2v) is 4.43. The van der Waals surface area contributed by atoms with E-state index in [1.54, 1.807) is 0 Å². The third-order valence-corrected chi connectivity index (χ3v) is 3.22. The van der Waals surface area contributed by atoms with E-state index in [2.05, 4.69) is 13.0 Å². The molecule has 0 aromatic heterocycles. The van der Waals surface area contributed by atoms with Gasteiger partial charge in [-0.3, -0.25) is 0 Å². The number of allylic oxidation sites excluding steroid dienone is 4. The number of nitrogens with two attached hydrogens (primary N) is 2. The lowest BCUT2D eigenvalue weighted by molar-refractivity contribution is 1.02. The van der Waals surface area contributed by atoms with Crippen LogP contribution in [0.25, 0.3) is 5.57 Å². The zero-order valence-corrected chi connectivity index (χ0v) is 9.92. The van der Waals surface area contributed by atoms with Crippen LogP contribution in [0, 0.1) is 5.92 Å². The lowest BCUT2D eigenvalue weighted by Crippen LogP contribution is -2.08. The molecule has 82 valence electrons. The molecule has 0 amide bonds. The number of rotatable bonds is 1. The monoisotopic (exact) mass is 230 g/mol. The molecule has 1 aliphatic rings. The molecule has 0 radical (unpaired) electrons. The van der Waals surface area contributed by atoms with E-state index >= 15 is 0 Å². The first-order chi connectivity index (χ1) is 7.59. The molecule has 0 aliphatic heterocycles. The highest BCUT2D eigenvalue weighted by Crippen LogP contribution is 2.31. The summed E-state index contributed by atoms with van der Waals surface area (Å²) in [5, 5.41) is 0. The molecule has 0 saturated carbocycles. The lowest BCUT2D eigenvalue weighted by Gasteiger charge is -2.16. The maximum absolute atomic E-state index is 5.93. The van der Waals surface area contributed by atoms with Crippen LogP contribution in [0.3, 0.4) is 0 Å². The van der Waals surface area contributed by atoms with Gasteiger partial charge in [0.25, 0.3) is 0 Å². The summed E-state index contributed by atoms with van der Waals surface area (Å²) < 4.78 is 0. The van der Waals surface area contributed by atoms with Crippen molar-refractivity contribution in [2.24, 2.45) is 5.92 Å². The zero-order valence-electron chi connectivity index (χ0n) is 9.10. The number of thiocarbonyl (C=S) groups is 1. The van der Waals surface area contributed by atoms with Crippen molar-refractivity contribution in [3.05, 3.63) is 42.0 Å². The Bertz CT molecular complexity index is 480. The van der Waals surface area contributed by atoms with E-state index in [0.29, 0.717) is 17.3 Å². The van der Waals surface area contributed by atoms with E-state index in [4.69, 9.17) is 23.7 Å². The molecule has 1 atom stereocenters. The van der Waals surface area contributed by atoms with E-state index in [-0.39, 0.29) is 0 Å². The largest absolute Gasteiger partial charge is 0.398 e. The smallest absolute Gasteiger partial charge is 0.0414 e. The van der Waals surface area contributed by atoms with Crippen LogP contribution in [0.4, 0.5) is 11.4 Å². The average Bonchev–Trinajstić information content (AvgIpc) is 2.23. The molecule has 2 rings (SSSR count). The summed E-state index contributed by atoms with van der Waals surface area (Å²) in [7, 11) is 0. The van der Waals surface area contributed by atoms with Crippen molar-refractivity contribution in [2.75, 3.05) is 11.5 Å². The Morgan fingerprint density at radius 3 is 2.38 bits per heavy atom. The summed E-state index contributed by atoms with van der Waals surface area (Å²) in [5.41, 5.74) is 15.1. The Labute approximate surface area is 101 Å². The second kappa shape index (κ2) is 4.10. The first-order valence-electron chi connectivity index (χ1n) is 5.17. The van der Waals surface area contributed by atoms with Crippen LogP contribution in [-0.4, -0.2) is 4.86 Å². The van der Waals surface area contributed by atoms with Gasteiger partial charge in [0, 0.05) is 27.7 Å². The van der Waals surface area contributed by atoms with Gasteiger partial charge in [-0.15, -0.1) is 0 Å². The van der Waals surface area contributed by atoms with Gasteiger partial charge in [-0.25, -0.2) is 0 Å². The molecule has 0 saturated heterocycles. The van der Waals surface area contributed by atoms with Gasteiger partial charge in [-0.2, -0.15) is 0 Å². The fourth-order valence-electron chi connectivity index (χ4n) is 1.75. The Hall–Kier alpha value is -1.61. The van der Waals surface area contributed by atoms with Crippen LogP contribution in [0.1, 0.15) is 12.5 Å². The van der Waals surface area contributed by atoms with Gasteiger partial charge in [0.2, 0.25) is 0 Å². The van der Waals surface area contributed by atoms with Crippen molar-refractivity contribution in [1.82, 2.24) is 0 Å². The third kappa shape index (κ3) is 1.86. The molecule has 1 aromatic carbocycles. The van der Waals surface area contributed by atoms with Crippen molar-refractivity contribution in [2.45, 2.75) is 6.92 Å². The molecule has 4 N–H and O–H groups in total. The summed E-state index contributed by atoms with van der Waals surface area (Å²) in [5.74, 6) is 0.310. The van der Waals surface area contributed by atoms with E-state index in [1.807, 2.05) is 30.4 Å². The van der Waals surface area contributed by atoms with Gasteiger partial charge in [0.05, 0.1) is 0 Å². The molecule has 0 bridgehead atoms. The Morgan fingerprint density at radius 1 is 1.19 bits per heavy atom. The van der Waals surface area contributed by atoms with Crippen molar-refractivity contribution < 1.29 is 0 Å². The number of hydrogen-bond donors (Lipinski definition) is 2. The molecule has 0 spiro atoms. The minimum Gasteiger partial charge on any atom is -0.398 e. The van der Waals surface area contributed by atoms with Gasteiger partial charge < -0.3 is 11.5 Å². The van der Waals surface area contributed by atoms with Gasteiger partial charge in [-0.05, 0) is 23.8 Å². The summed E-state index contributed by atoms with van der Waals surface area (Å²) in [6, 6.07) is 5.55. The van der Waals surface area contributed by atoms with E-state index < -0.39 is 0 Å². The van der Waals surface area contributed by atoms with Crippen LogP contribution < -0.4 is 11.5 Å². The topological polar surface area (TPSA) is 52.0 Å². The summed E-state index contributed by atoms with van der Waals surface area (Å²) in [6.07, 6.45) is 6.08. The predicted molar refractivity (Wildman–Crippen MR) is 74.1 cm³/mol. The highest BCUT2D eigenvalue weighted by Gasteiger charge is 2.13. The SMILES string of the molecule is CC1C=CC(c2c(N)cccc2N)=CC1=S. The van der Waals surface area contributed by atoms with E-state index in [0.717, 1.165) is 16.0 Å². The highest BCUT2D eigenvalue weighted by atomic mass is 32.1. The second-order valence-electron chi connectivity index (χ2n) is 3.96. The summed E-state index contributed by atoms with van der Waals surface area (Å²) >= 11 is 5.28. The maximum atomic E-state index is 5.93. The Kier molecular flexibility index (Phi) is 2.79. The normalized spacial score (nSPS) is 19.7. The molecule has 0 heterocycles. The number of benzene rings is 1. The Balaban J connectivity index is 2.51. The molecule has 1 unspecified atom stereocenters. The fraction of sp³-hybridized carbons (Fsp3) is 0.154. The molecule has 3 heteroatoms. The summed E-state index contributed by atoms with van der Waals surface area (Å²) in [4.78, 5) is 0.917. The molecule has 16 heavy (non-hydrogen) atoms. The van der Waals surface area contributed by atoms with E-state index in [1.165, 1.54) is 0 Å². The number of nitrogen functional groups attached to an aromatic ring is 2. The first kappa shape index (κ1) is 10.9. The van der Waals surface area contributed by atoms with Crippen LogP contribution in [0.2, 0.25) is 0 Å². The first-order valence-corrected chi connectivity index (χ1v) is 5.58. The van der Waals surface area contributed by atoms with Crippen molar-refractivity contribution in [3.8, 4) is 0 Å². The molecular formula is C13H14N2S. The van der Waals surface area contributed by atoms with Crippen LogP contribution in [-0.2, 0) is 0 Å². The van der Waals surface area contributed by atoms with Gasteiger partial charge in [0.15, 0.2) is 0 Å². The minimum absolute atomic E-state index is 0.310. The van der Waals surface area contributed by atoms with Crippen molar-refractivity contribution in [3.63, 3.8) is 0 Å². The summed E-state index contributed by atoms with van der Waals surface area (Å²) in [6.45, 7) is 2.07. The van der Waals surface area contributed by atoms with Gasteiger partial charge in [0.1, 0.15) is 0 Å². The average molecular weight is 230 g/mol. The van der Waals surface area contributed by atoms with Crippen LogP contribution in [0.5, 0.6) is 0 Å². The molecule has 1 aromatic rings. The minimum atomic E-state index is 0.310. The third-order valence-electron chi connectivity index (χ3n) is 2.73. The number of anilines is 2. The van der Waals surface area contributed by atoms with Crippen molar-refractivity contribution in [1.29, 1.82) is 0 Å². The van der Waals surface area contributed by atoms with E-state index in [9.17, 15) is 0 Å². The molecular weight excluding hydrogens is 216 g/mol. The van der Waals surface area contributed by atoms with Gasteiger partial charge >= 0.3 is 0 Å². The Morgan fingerprint density at radius 2 is 1.81 bits per heavy atom. The van der Waals surface area contributed by atoms with Crippen LogP contribution in [0.15, 0.2) is 36.4 Å². The predicted octanol–water partition coefficient (Wildman–Crippen LogP) is 2.81.